The second-order valence-electron chi connectivity index (χ2n) is 6.52. The average molecular weight is 363 g/mol. The van der Waals surface area contributed by atoms with Crippen molar-refractivity contribution in [1.82, 2.24) is 4.90 Å². The van der Waals surface area contributed by atoms with Gasteiger partial charge in [-0.15, -0.1) is 11.8 Å². The van der Waals surface area contributed by atoms with Gasteiger partial charge in [0.2, 0.25) is 0 Å². The maximum atomic E-state index is 13.0. The minimum Gasteiger partial charge on any atom is -0.459 e. The van der Waals surface area contributed by atoms with Crippen molar-refractivity contribution in [2.45, 2.75) is 23.5 Å². The number of thioether (sulfide) groups is 1. The zero-order chi connectivity index (χ0) is 17.1. The van der Waals surface area contributed by atoms with Gasteiger partial charge in [-0.2, -0.15) is 0 Å². The summed E-state index contributed by atoms with van der Waals surface area (Å²) < 4.78 is 4.98. The quantitative estimate of drug-likeness (QED) is 0.840. The minimum absolute atomic E-state index is 0.218. The lowest BCUT2D eigenvalue weighted by Gasteiger charge is -2.31. The fourth-order valence-corrected chi connectivity index (χ4v) is 5.18. The third kappa shape index (κ3) is 2.09. The van der Waals surface area contributed by atoms with Crippen LogP contribution in [-0.2, 0) is 9.67 Å². The Morgan fingerprint density at radius 3 is 2.88 bits per heavy atom. The van der Waals surface area contributed by atoms with Crippen molar-refractivity contribution in [3.63, 3.8) is 0 Å². The van der Waals surface area contributed by atoms with Crippen molar-refractivity contribution in [2.24, 2.45) is 0 Å². The van der Waals surface area contributed by atoms with E-state index in [0.29, 0.717) is 17.3 Å². The van der Waals surface area contributed by atoms with Crippen LogP contribution in [-0.4, -0.2) is 28.0 Å². The summed E-state index contributed by atoms with van der Waals surface area (Å²) in [5.41, 5.74) is 1.40. The smallest absolute Gasteiger partial charge is 0.291 e. The van der Waals surface area contributed by atoms with E-state index in [1.807, 2.05) is 13.8 Å². The number of carbonyl (C=O) groups is 2. The first-order chi connectivity index (χ1) is 11.3. The Morgan fingerprint density at radius 2 is 2.17 bits per heavy atom. The predicted octanol–water partition coefficient (Wildman–Crippen LogP) is 3.71. The lowest BCUT2D eigenvalue weighted by molar-refractivity contribution is -0.121. The highest BCUT2D eigenvalue weighted by atomic mass is 35.5. The lowest BCUT2D eigenvalue weighted by atomic mass is 10.0. The van der Waals surface area contributed by atoms with E-state index in [9.17, 15) is 9.59 Å². The van der Waals surface area contributed by atoms with E-state index in [1.54, 1.807) is 35.2 Å². The maximum Gasteiger partial charge on any atom is 0.291 e. The number of rotatable bonds is 1. The molecule has 1 saturated heterocycles. The zero-order valence-corrected chi connectivity index (χ0v) is 14.7. The molecule has 0 bridgehead atoms. The van der Waals surface area contributed by atoms with Gasteiger partial charge in [-0.25, -0.2) is 0 Å². The standard InChI is InChI=1S/C17H15ClN2O3S/c1-16(2)9-20(14(21)13-4-3-7-23-13)17(24-16)11-8-10(18)5-6-12(11)19-15(17)22/h3-8H,9H2,1-2H3,(H,19,22). The SMILES string of the molecule is CC1(C)CN(C(=O)c2ccco2)C2(S1)C(=O)Nc1ccc(Cl)cc12. The monoisotopic (exact) mass is 362 g/mol. The normalized spacial score (nSPS) is 24.3. The van der Waals surface area contributed by atoms with Crippen LogP contribution in [0.25, 0.3) is 0 Å². The molecule has 2 aromatic rings. The van der Waals surface area contributed by atoms with Crippen molar-refractivity contribution in [3.8, 4) is 0 Å². The molecule has 24 heavy (non-hydrogen) atoms. The number of benzene rings is 1. The molecule has 1 aromatic carbocycles. The van der Waals surface area contributed by atoms with Crippen molar-refractivity contribution >= 4 is 40.9 Å². The van der Waals surface area contributed by atoms with Gasteiger partial charge in [0.1, 0.15) is 0 Å². The molecule has 0 aliphatic carbocycles. The van der Waals surface area contributed by atoms with Crippen molar-refractivity contribution < 1.29 is 14.0 Å². The summed E-state index contributed by atoms with van der Waals surface area (Å²) in [6, 6.07) is 8.52. The van der Waals surface area contributed by atoms with Crippen molar-refractivity contribution in [1.29, 1.82) is 0 Å². The maximum absolute atomic E-state index is 13.0. The molecule has 7 heteroatoms. The Morgan fingerprint density at radius 1 is 1.38 bits per heavy atom. The van der Waals surface area contributed by atoms with Crippen LogP contribution in [0.3, 0.4) is 0 Å². The molecular weight excluding hydrogens is 348 g/mol. The number of hydrogen-bond acceptors (Lipinski definition) is 4. The number of halogens is 1. The van der Waals surface area contributed by atoms with Crippen LogP contribution in [0.2, 0.25) is 5.02 Å². The molecule has 1 aromatic heterocycles. The number of nitrogens with zero attached hydrogens (tertiary/aromatic N) is 1. The molecule has 2 aliphatic rings. The predicted molar refractivity (Wildman–Crippen MR) is 93.2 cm³/mol. The van der Waals surface area contributed by atoms with Crippen LogP contribution < -0.4 is 5.32 Å². The number of amides is 2. The molecule has 5 nitrogen and oxygen atoms in total. The van der Waals surface area contributed by atoms with Gasteiger partial charge >= 0.3 is 0 Å². The fraction of sp³-hybridized carbons (Fsp3) is 0.294. The van der Waals surface area contributed by atoms with E-state index in [-0.39, 0.29) is 22.3 Å². The van der Waals surface area contributed by atoms with E-state index >= 15 is 0 Å². The molecule has 1 fully saturated rings. The van der Waals surface area contributed by atoms with E-state index in [4.69, 9.17) is 16.0 Å². The molecule has 0 saturated carbocycles. The molecule has 1 unspecified atom stereocenters. The molecule has 2 aliphatic heterocycles. The van der Waals surface area contributed by atoms with Gasteiger partial charge in [-0.05, 0) is 44.2 Å². The second kappa shape index (κ2) is 5.04. The largest absolute Gasteiger partial charge is 0.459 e. The van der Waals surface area contributed by atoms with Crippen LogP contribution in [0.5, 0.6) is 0 Å². The highest BCUT2D eigenvalue weighted by Gasteiger charge is 2.62. The second-order valence-corrected chi connectivity index (χ2v) is 8.85. The third-order valence-electron chi connectivity index (χ3n) is 4.22. The highest BCUT2D eigenvalue weighted by Crippen LogP contribution is 2.58. The highest BCUT2D eigenvalue weighted by molar-refractivity contribution is 8.02. The first kappa shape index (κ1) is 15.6. The summed E-state index contributed by atoms with van der Waals surface area (Å²) in [5, 5.41) is 3.41. The Hall–Kier alpha value is -1.92. The van der Waals surface area contributed by atoms with Gasteiger partial charge in [0.15, 0.2) is 10.6 Å². The Balaban J connectivity index is 1.90. The lowest BCUT2D eigenvalue weighted by Crippen LogP contribution is -2.48. The summed E-state index contributed by atoms with van der Waals surface area (Å²) in [4.78, 5) is 26.4. The zero-order valence-electron chi connectivity index (χ0n) is 13.1. The number of nitrogens with one attached hydrogen (secondary N) is 1. The van der Waals surface area contributed by atoms with Crippen LogP contribution in [0.4, 0.5) is 5.69 Å². The van der Waals surface area contributed by atoms with E-state index < -0.39 is 4.87 Å². The third-order valence-corrected chi connectivity index (χ3v) is 6.06. The molecule has 1 atom stereocenters. The summed E-state index contributed by atoms with van der Waals surface area (Å²) in [6.07, 6.45) is 1.45. The topological polar surface area (TPSA) is 62.6 Å². The molecule has 0 radical (unpaired) electrons. The Labute approximate surface area is 148 Å². The number of hydrogen-bond donors (Lipinski definition) is 1. The molecule has 2 amide bonds. The van der Waals surface area contributed by atoms with Crippen molar-refractivity contribution in [3.05, 3.63) is 52.9 Å². The summed E-state index contributed by atoms with van der Waals surface area (Å²) in [6.45, 7) is 4.46. The fourth-order valence-electron chi connectivity index (χ4n) is 3.33. The number of furan rings is 1. The Bertz CT molecular complexity index is 850. The minimum atomic E-state index is -1.13. The average Bonchev–Trinajstić information content (AvgIpc) is 3.19. The summed E-state index contributed by atoms with van der Waals surface area (Å²) in [7, 11) is 0. The molecule has 1 N–H and O–H groups in total. The van der Waals surface area contributed by atoms with Crippen LogP contribution in [0.15, 0.2) is 41.0 Å². The van der Waals surface area contributed by atoms with E-state index in [0.717, 1.165) is 5.56 Å². The first-order valence-electron chi connectivity index (χ1n) is 7.51. The molecular formula is C17H15ClN2O3S. The molecule has 3 heterocycles. The summed E-state index contributed by atoms with van der Waals surface area (Å²) >= 11 is 7.62. The molecule has 4 rings (SSSR count). The van der Waals surface area contributed by atoms with Gasteiger partial charge in [-0.1, -0.05) is 11.6 Å². The first-order valence-corrected chi connectivity index (χ1v) is 8.70. The van der Waals surface area contributed by atoms with E-state index in [2.05, 4.69) is 5.32 Å². The number of anilines is 1. The number of fused-ring (bicyclic) bond motifs is 2. The van der Waals surface area contributed by atoms with Crippen LogP contribution >= 0.6 is 23.4 Å². The Kier molecular flexibility index (Phi) is 3.27. The van der Waals surface area contributed by atoms with Crippen LogP contribution in [0, 0.1) is 0 Å². The summed E-state index contributed by atoms with van der Waals surface area (Å²) in [5.74, 6) is -0.313. The number of carbonyl (C=O) groups excluding carboxylic acids is 2. The van der Waals surface area contributed by atoms with Gasteiger partial charge in [0, 0.05) is 27.6 Å². The van der Waals surface area contributed by atoms with E-state index in [1.165, 1.54) is 18.0 Å². The van der Waals surface area contributed by atoms with Gasteiger partial charge < -0.3 is 14.6 Å². The van der Waals surface area contributed by atoms with Gasteiger partial charge in [0.25, 0.3) is 11.8 Å². The molecule has 1 spiro atoms. The molecule has 124 valence electrons. The van der Waals surface area contributed by atoms with Crippen LogP contribution in [0.1, 0.15) is 30.0 Å². The van der Waals surface area contributed by atoms with Gasteiger partial charge in [0.05, 0.1) is 6.26 Å². The van der Waals surface area contributed by atoms with Gasteiger partial charge in [-0.3, -0.25) is 9.59 Å². The van der Waals surface area contributed by atoms with Crippen molar-refractivity contribution in [2.75, 3.05) is 11.9 Å².